The Morgan fingerprint density at radius 1 is 0.919 bits per heavy atom. The van der Waals surface area contributed by atoms with E-state index in [4.69, 9.17) is 4.98 Å². The molecule has 7 heteroatoms. The molecule has 0 radical (unpaired) electrons. The van der Waals surface area contributed by atoms with Crippen molar-refractivity contribution in [3.8, 4) is 0 Å². The topological polar surface area (TPSA) is 86.4 Å². The van der Waals surface area contributed by atoms with Gasteiger partial charge in [-0.2, -0.15) is 0 Å². The second-order valence-corrected chi connectivity index (χ2v) is 10.1. The van der Waals surface area contributed by atoms with E-state index in [-0.39, 0.29) is 29.2 Å². The summed E-state index contributed by atoms with van der Waals surface area (Å²) in [6.45, 7) is 7.13. The lowest BCUT2D eigenvalue weighted by Gasteiger charge is -2.31. The minimum absolute atomic E-state index is 0.119. The van der Waals surface area contributed by atoms with Gasteiger partial charge in [-0.25, -0.2) is 9.88 Å². The van der Waals surface area contributed by atoms with E-state index in [0.29, 0.717) is 29.9 Å². The molecule has 186 valence electrons. The number of carbonyl (C=O) groups is 3. The molecule has 0 atom stereocenters. The molecule has 0 aliphatic carbocycles. The van der Waals surface area contributed by atoms with Gasteiger partial charge in [-0.3, -0.25) is 14.4 Å². The normalized spacial score (nSPS) is 16.1. The molecule has 7 nitrogen and oxygen atoms in total. The number of hydrogen-bond donors (Lipinski definition) is 1. The molecule has 2 aliphatic heterocycles. The Hall–Kier alpha value is -4.26. The number of nitrogens with one attached hydrogen (secondary N) is 1. The predicted octanol–water partition coefficient (Wildman–Crippen LogP) is 5.31. The standard InChI is InChI=1S/C30H28N4O3/c1-17-7-10-24-25(15-17)32-27(31-24)20-11-13-33(14-12-20)28(35)21-8-9-22-23(16-21)30(37)34(29(22)36)26-6-4-5-18(2)19(26)3/h4-10,15-16,20H,11-14H2,1-3H3,(H,31,32). The fourth-order valence-corrected chi connectivity index (χ4v) is 5.45. The van der Waals surface area contributed by atoms with Crippen LogP contribution in [0.3, 0.4) is 0 Å². The lowest BCUT2D eigenvalue weighted by Crippen LogP contribution is -2.38. The highest BCUT2D eigenvalue weighted by molar-refractivity contribution is 6.35. The zero-order valence-electron chi connectivity index (χ0n) is 21.2. The smallest absolute Gasteiger partial charge is 0.266 e. The zero-order valence-corrected chi connectivity index (χ0v) is 21.2. The summed E-state index contributed by atoms with van der Waals surface area (Å²) in [7, 11) is 0. The van der Waals surface area contributed by atoms with Crippen LogP contribution in [-0.4, -0.2) is 45.7 Å². The largest absolute Gasteiger partial charge is 0.342 e. The number of imidazole rings is 1. The van der Waals surface area contributed by atoms with E-state index in [2.05, 4.69) is 24.0 Å². The number of aryl methyl sites for hydroxylation is 2. The van der Waals surface area contributed by atoms with Crippen LogP contribution in [0.5, 0.6) is 0 Å². The number of imide groups is 1. The molecule has 0 unspecified atom stereocenters. The summed E-state index contributed by atoms with van der Waals surface area (Å²) in [5.41, 5.74) is 6.72. The van der Waals surface area contributed by atoms with Crippen LogP contribution in [0.1, 0.15) is 72.3 Å². The van der Waals surface area contributed by atoms with Crippen molar-refractivity contribution in [2.75, 3.05) is 18.0 Å². The first-order chi connectivity index (χ1) is 17.8. The van der Waals surface area contributed by atoms with E-state index in [1.165, 1.54) is 10.5 Å². The summed E-state index contributed by atoms with van der Waals surface area (Å²) < 4.78 is 0. The Morgan fingerprint density at radius 3 is 2.46 bits per heavy atom. The number of benzene rings is 3. The number of aromatic amines is 1. The number of piperidine rings is 1. The molecule has 0 bridgehead atoms. The van der Waals surface area contributed by atoms with E-state index < -0.39 is 0 Å². The van der Waals surface area contributed by atoms with E-state index in [1.54, 1.807) is 24.3 Å². The molecule has 2 aliphatic rings. The summed E-state index contributed by atoms with van der Waals surface area (Å²) in [5, 5.41) is 0. The molecular weight excluding hydrogens is 464 g/mol. The van der Waals surface area contributed by atoms with Gasteiger partial charge in [-0.05, 0) is 86.7 Å². The molecule has 1 saturated heterocycles. The quantitative estimate of drug-likeness (QED) is 0.393. The van der Waals surface area contributed by atoms with Gasteiger partial charge in [-0.1, -0.05) is 18.2 Å². The van der Waals surface area contributed by atoms with E-state index in [9.17, 15) is 14.4 Å². The fourth-order valence-electron chi connectivity index (χ4n) is 5.45. The number of aromatic nitrogens is 2. The molecule has 6 rings (SSSR count). The van der Waals surface area contributed by atoms with Crippen molar-refractivity contribution in [3.05, 3.63) is 93.8 Å². The summed E-state index contributed by atoms with van der Waals surface area (Å²) in [6, 6.07) is 16.6. The van der Waals surface area contributed by atoms with Gasteiger partial charge < -0.3 is 9.88 Å². The molecule has 3 aromatic carbocycles. The van der Waals surface area contributed by atoms with Crippen LogP contribution in [-0.2, 0) is 0 Å². The molecule has 1 aromatic heterocycles. The number of hydrogen-bond acceptors (Lipinski definition) is 4. The molecule has 3 heterocycles. The van der Waals surface area contributed by atoms with Gasteiger partial charge in [0.1, 0.15) is 5.82 Å². The third-order valence-corrected chi connectivity index (χ3v) is 7.78. The maximum atomic E-state index is 13.4. The Kier molecular flexibility index (Phi) is 5.44. The Balaban J connectivity index is 1.19. The second kappa shape index (κ2) is 8.69. The first-order valence-electron chi connectivity index (χ1n) is 12.7. The maximum Gasteiger partial charge on any atom is 0.266 e. The highest BCUT2D eigenvalue weighted by Crippen LogP contribution is 2.33. The lowest BCUT2D eigenvalue weighted by molar-refractivity contribution is 0.0711. The number of amides is 3. The van der Waals surface area contributed by atoms with Gasteiger partial charge in [-0.15, -0.1) is 0 Å². The Labute approximate surface area is 215 Å². The highest BCUT2D eigenvalue weighted by atomic mass is 16.2. The van der Waals surface area contributed by atoms with E-state index in [1.807, 2.05) is 36.9 Å². The van der Waals surface area contributed by atoms with Gasteiger partial charge in [0, 0.05) is 24.6 Å². The van der Waals surface area contributed by atoms with Gasteiger partial charge in [0.25, 0.3) is 17.7 Å². The van der Waals surface area contributed by atoms with E-state index >= 15 is 0 Å². The average Bonchev–Trinajstić information content (AvgIpc) is 3.43. The van der Waals surface area contributed by atoms with Crippen molar-refractivity contribution in [3.63, 3.8) is 0 Å². The SMILES string of the molecule is Cc1ccc2nc(C3CCN(C(=O)c4ccc5c(c4)C(=O)N(c4cccc(C)c4C)C5=O)CC3)[nH]c2c1. The lowest BCUT2D eigenvalue weighted by atomic mass is 9.95. The third-order valence-electron chi connectivity index (χ3n) is 7.78. The maximum absolute atomic E-state index is 13.4. The third kappa shape index (κ3) is 3.82. The first kappa shape index (κ1) is 23.2. The van der Waals surface area contributed by atoms with Crippen LogP contribution in [0.15, 0.2) is 54.6 Å². The van der Waals surface area contributed by atoms with Crippen LogP contribution >= 0.6 is 0 Å². The van der Waals surface area contributed by atoms with Crippen LogP contribution in [0.25, 0.3) is 11.0 Å². The number of nitrogens with zero attached hydrogens (tertiary/aromatic N) is 3. The molecule has 3 amide bonds. The average molecular weight is 493 g/mol. The van der Waals surface area contributed by atoms with Gasteiger partial charge in [0.2, 0.25) is 0 Å². The number of likely N-dealkylation sites (tertiary alicyclic amines) is 1. The van der Waals surface area contributed by atoms with Crippen LogP contribution in [0.2, 0.25) is 0 Å². The highest BCUT2D eigenvalue weighted by Gasteiger charge is 2.38. The van der Waals surface area contributed by atoms with Crippen LogP contribution < -0.4 is 4.90 Å². The first-order valence-corrected chi connectivity index (χ1v) is 12.7. The van der Waals surface area contributed by atoms with Gasteiger partial charge >= 0.3 is 0 Å². The summed E-state index contributed by atoms with van der Waals surface area (Å²) in [6.07, 6.45) is 1.63. The van der Waals surface area contributed by atoms with Crippen molar-refractivity contribution in [1.29, 1.82) is 0 Å². The van der Waals surface area contributed by atoms with Crippen molar-refractivity contribution in [2.24, 2.45) is 0 Å². The van der Waals surface area contributed by atoms with E-state index in [0.717, 1.165) is 40.8 Å². The Bertz CT molecular complexity index is 1590. The van der Waals surface area contributed by atoms with Crippen molar-refractivity contribution in [1.82, 2.24) is 14.9 Å². The summed E-state index contributed by atoms with van der Waals surface area (Å²) in [4.78, 5) is 51.0. The monoisotopic (exact) mass is 492 g/mol. The molecule has 0 spiro atoms. The summed E-state index contributed by atoms with van der Waals surface area (Å²) >= 11 is 0. The van der Waals surface area contributed by atoms with Crippen molar-refractivity contribution in [2.45, 2.75) is 39.5 Å². The predicted molar refractivity (Wildman–Crippen MR) is 142 cm³/mol. The van der Waals surface area contributed by atoms with Gasteiger partial charge in [0.05, 0.1) is 27.8 Å². The van der Waals surface area contributed by atoms with Crippen molar-refractivity contribution >= 4 is 34.4 Å². The number of anilines is 1. The van der Waals surface area contributed by atoms with Crippen molar-refractivity contribution < 1.29 is 14.4 Å². The number of carbonyl (C=O) groups excluding carboxylic acids is 3. The molecule has 1 N–H and O–H groups in total. The minimum atomic E-state index is -0.387. The summed E-state index contributed by atoms with van der Waals surface area (Å²) in [5.74, 6) is 0.381. The fraction of sp³-hybridized carbons (Fsp3) is 0.267. The number of fused-ring (bicyclic) bond motifs is 2. The molecular formula is C30H28N4O3. The Morgan fingerprint density at radius 2 is 1.68 bits per heavy atom. The molecule has 1 fully saturated rings. The van der Waals surface area contributed by atoms with Gasteiger partial charge in [0.15, 0.2) is 0 Å². The second-order valence-electron chi connectivity index (χ2n) is 10.1. The zero-order chi connectivity index (χ0) is 25.8. The number of rotatable bonds is 3. The molecule has 4 aromatic rings. The minimum Gasteiger partial charge on any atom is -0.342 e. The van der Waals surface area contributed by atoms with Crippen LogP contribution in [0.4, 0.5) is 5.69 Å². The number of H-pyrrole nitrogens is 1. The van der Waals surface area contributed by atoms with Crippen LogP contribution in [0, 0.1) is 20.8 Å². The molecule has 37 heavy (non-hydrogen) atoms. The molecule has 0 saturated carbocycles.